The number of rotatable bonds is 5. The number of hydrogen-bond acceptors (Lipinski definition) is 4. The molecule has 0 radical (unpaired) electrons. The van der Waals surface area contributed by atoms with E-state index >= 15 is 0 Å². The molecule has 0 N–H and O–H groups in total. The molecule has 1 aromatic rings. The molecular formula is C11H12O4S. The van der Waals surface area contributed by atoms with Crippen LogP contribution in [-0.4, -0.2) is 27.7 Å². The first-order valence-corrected chi connectivity index (χ1v) is 6.26. The highest BCUT2D eigenvalue weighted by molar-refractivity contribution is 7.86. The SMILES string of the molecule is C=Cc1ccc(S(=O)(=O)OCC2CO2)cc1. The minimum Gasteiger partial charge on any atom is -0.371 e. The molecule has 0 bridgehead atoms. The summed E-state index contributed by atoms with van der Waals surface area (Å²) in [6, 6.07) is 6.36. The molecule has 1 aliphatic rings. The maximum Gasteiger partial charge on any atom is 0.297 e. The van der Waals surface area contributed by atoms with Crippen molar-refractivity contribution in [2.45, 2.75) is 11.0 Å². The van der Waals surface area contributed by atoms with Crippen LogP contribution in [0.2, 0.25) is 0 Å². The van der Waals surface area contributed by atoms with E-state index in [-0.39, 0.29) is 17.6 Å². The van der Waals surface area contributed by atoms with Crippen LogP contribution in [0.3, 0.4) is 0 Å². The summed E-state index contributed by atoms with van der Waals surface area (Å²) in [7, 11) is -3.65. The van der Waals surface area contributed by atoms with Crippen molar-refractivity contribution in [1.29, 1.82) is 0 Å². The highest BCUT2D eigenvalue weighted by atomic mass is 32.2. The monoisotopic (exact) mass is 240 g/mol. The Hall–Kier alpha value is -1.17. The van der Waals surface area contributed by atoms with Gasteiger partial charge < -0.3 is 4.74 Å². The van der Waals surface area contributed by atoms with Gasteiger partial charge in [0.2, 0.25) is 0 Å². The van der Waals surface area contributed by atoms with E-state index < -0.39 is 10.1 Å². The Labute approximate surface area is 94.6 Å². The third-order valence-corrected chi connectivity index (χ3v) is 3.51. The molecule has 4 nitrogen and oxygen atoms in total. The molecule has 0 spiro atoms. The summed E-state index contributed by atoms with van der Waals surface area (Å²) in [6.45, 7) is 4.26. The molecule has 1 aliphatic heterocycles. The van der Waals surface area contributed by atoms with Gasteiger partial charge in [-0.15, -0.1) is 0 Å². The summed E-state index contributed by atoms with van der Waals surface area (Å²) >= 11 is 0. The average Bonchev–Trinajstić information content (AvgIpc) is 3.10. The van der Waals surface area contributed by atoms with Crippen molar-refractivity contribution in [2.75, 3.05) is 13.2 Å². The van der Waals surface area contributed by atoms with Gasteiger partial charge in [-0.25, -0.2) is 0 Å². The third-order valence-electron chi connectivity index (χ3n) is 2.22. The highest BCUT2D eigenvalue weighted by Crippen LogP contribution is 2.17. The molecule has 0 aromatic heterocycles. The number of hydrogen-bond donors (Lipinski definition) is 0. The van der Waals surface area contributed by atoms with Crippen LogP contribution in [0.1, 0.15) is 5.56 Å². The standard InChI is InChI=1S/C11H12O4S/c1-2-9-3-5-11(6-4-9)16(12,13)15-8-10-7-14-10/h2-6,10H,1,7-8H2. The van der Waals surface area contributed by atoms with Crippen LogP contribution >= 0.6 is 0 Å². The van der Waals surface area contributed by atoms with Crippen molar-refractivity contribution in [3.8, 4) is 0 Å². The van der Waals surface area contributed by atoms with Crippen LogP contribution in [0.15, 0.2) is 35.7 Å². The Morgan fingerprint density at radius 3 is 2.56 bits per heavy atom. The highest BCUT2D eigenvalue weighted by Gasteiger charge is 2.26. The molecule has 1 atom stereocenters. The lowest BCUT2D eigenvalue weighted by Gasteiger charge is -2.04. The van der Waals surface area contributed by atoms with Crippen LogP contribution in [0, 0.1) is 0 Å². The molecule has 1 unspecified atom stereocenters. The van der Waals surface area contributed by atoms with E-state index in [1.807, 2.05) is 0 Å². The molecule has 1 fully saturated rings. The summed E-state index contributed by atoms with van der Waals surface area (Å²) in [6.07, 6.45) is 1.58. The van der Waals surface area contributed by atoms with Gasteiger partial charge in [-0.05, 0) is 17.7 Å². The fraction of sp³-hybridized carbons (Fsp3) is 0.273. The summed E-state index contributed by atoms with van der Waals surface area (Å²) in [5, 5.41) is 0. The van der Waals surface area contributed by atoms with Crippen LogP contribution in [-0.2, 0) is 19.0 Å². The molecule has 86 valence electrons. The van der Waals surface area contributed by atoms with Crippen LogP contribution in [0.25, 0.3) is 6.08 Å². The lowest BCUT2D eigenvalue weighted by Crippen LogP contribution is -2.10. The van der Waals surface area contributed by atoms with Gasteiger partial charge in [-0.2, -0.15) is 8.42 Å². The lowest BCUT2D eigenvalue weighted by molar-refractivity contribution is 0.266. The summed E-state index contributed by atoms with van der Waals surface area (Å²) in [4.78, 5) is 0.152. The van der Waals surface area contributed by atoms with Crippen molar-refractivity contribution >= 4 is 16.2 Å². The van der Waals surface area contributed by atoms with Gasteiger partial charge in [0, 0.05) is 0 Å². The van der Waals surface area contributed by atoms with E-state index in [0.29, 0.717) is 6.61 Å². The molecule has 2 rings (SSSR count). The molecule has 5 heteroatoms. The Balaban J connectivity index is 2.10. The van der Waals surface area contributed by atoms with Crippen molar-refractivity contribution in [1.82, 2.24) is 0 Å². The molecule has 0 saturated carbocycles. The topological polar surface area (TPSA) is 55.9 Å². The largest absolute Gasteiger partial charge is 0.371 e. The predicted octanol–water partition coefficient (Wildman–Crippen LogP) is 1.43. The Morgan fingerprint density at radius 1 is 1.44 bits per heavy atom. The maximum atomic E-state index is 11.7. The van der Waals surface area contributed by atoms with Gasteiger partial charge in [0.25, 0.3) is 10.1 Å². The van der Waals surface area contributed by atoms with Gasteiger partial charge >= 0.3 is 0 Å². The summed E-state index contributed by atoms with van der Waals surface area (Å²) < 4.78 is 33.0. The van der Waals surface area contributed by atoms with Gasteiger partial charge in [0.1, 0.15) is 6.10 Å². The second-order valence-corrected chi connectivity index (χ2v) is 5.08. The fourth-order valence-corrected chi connectivity index (χ4v) is 2.10. The zero-order valence-electron chi connectivity index (χ0n) is 8.63. The second-order valence-electron chi connectivity index (χ2n) is 3.47. The minimum absolute atomic E-state index is 0.0674. The van der Waals surface area contributed by atoms with Crippen molar-refractivity contribution in [2.24, 2.45) is 0 Å². The van der Waals surface area contributed by atoms with E-state index in [4.69, 9.17) is 8.92 Å². The van der Waals surface area contributed by atoms with Gasteiger partial charge in [-0.1, -0.05) is 24.8 Å². The quantitative estimate of drug-likeness (QED) is 0.577. The van der Waals surface area contributed by atoms with Crippen molar-refractivity contribution in [3.05, 3.63) is 36.4 Å². The predicted molar refractivity (Wildman–Crippen MR) is 59.4 cm³/mol. The maximum absolute atomic E-state index is 11.7. The zero-order chi connectivity index (χ0) is 11.6. The van der Waals surface area contributed by atoms with E-state index in [1.165, 1.54) is 12.1 Å². The number of ether oxygens (including phenoxy) is 1. The van der Waals surface area contributed by atoms with E-state index in [9.17, 15) is 8.42 Å². The van der Waals surface area contributed by atoms with E-state index in [1.54, 1.807) is 18.2 Å². The molecule has 1 aromatic carbocycles. The molecule has 1 heterocycles. The Bertz CT molecular complexity index is 471. The minimum atomic E-state index is -3.65. The van der Waals surface area contributed by atoms with Crippen molar-refractivity contribution < 1.29 is 17.3 Å². The first kappa shape index (κ1) is 11.3. The Kier molecular flexibility index (Phi) is 3.09. The Morgan fingerprint density at radius 2 is 2.06 bits per heavy atom. The van der Waals surface area contributed by atoms with E-state index in [0.717, 1.165) is 5.56 Å². The van der Waals surface area contributed by atoms with Gasteiger partial charge in [-0.3, -0.25) is 4.18 Å². The third kappa shape index (κ3) is 2.69. The zero-order valence-corrected chi connectivity index (χ0v) is 9.44. The van der Waals surface area contributed by atoms with Gasteiger partial charge in [0.05, 0.1) is 18.1 Å². The second kappa shape index (κ2) is 4.37. The van der Waals surface area contributed by atoms with Crippen LogP contribution in [0.4, 0.5) is 0 Å². The van der Waals surface area contributed by atoms with Crippen molar-refractivity contribution in [3.63, 3.8) is 0 Å². The molecule has 0 amide bonds. The van der Waals surface area contributed by atoms with Crippen LogP contribution in [0.5, 0.6) is 0 Å². The molecule has 1 saturated heterocycles. The van der Waals surface area contributed by atoms with Crippen LogP contribution < -0.4 is 0 Å². The normalized spacial score (nSPS) is 19.4. The first-order valence-electron chi connectivity index (χ1n) is 4.85. The van der Waals surface area contributed by atoms with Gasteiger partial charge in [0.15, 0.2) is 0 Å². The molecular weight excluding hydrogens is 228 g/mol. The summed E-state index contributed by atoms with van der Waals surface area (Å²) in [5.41, 5.74) is 0.865. The van der Waals surface area contributed by atoms with E-state index in [2.05, 4.69) is 6.58 Å². The first-order chi connectivity index (χ1) is 7.62. The molecule has 0 aliphatic carbocycles. The number of epoxide rings is 1. The molecule has 16 heavy (non-hydrogen) atoms. The average molecular weight is 240 g/mol. The number of benzene rings is 1. The fourth-order valence-electron chi connectivity index (χ4n) is 1.17. The smallest absolute Gasteiger partial charge is 0.297 e. The lowest BCUT2D eigenvalue weighted by atomic mass is 10.2. The summed E-state index contributed by atoms with van der Waals surface area (Å²) in [5.74, 6) is 0.